The molecule has 0 amide bonds. The van der Waals surface area contributed by atoms with E-state index < -0.39 is 0 Å². The van der Waals surface area contributed by atoms with E-state index in [1.165, 1.54) is 0 Å². The number of halogens is 1. The Labute approximate surface area is 48.5 Å². The van der Waals surface area contributed by atoms with Crippen molar-refractivity contribution in [2.45, 2.75) is 12.8 Å². The van der Waals surface area contributed by atoms with Crippen LogP contribution < -0.4 is 0 Å². The number of aliphatic hydroxyl groups is 1. The third-order valence-electron chi connectivity index (χ3n) is 2.01. The topological polar surface area (TPSA) is 20.2 Å². The first-order valence-electron chi connectivity index (χ1n) is 3.05. The minimum absolute atomic E-state index is 0.175. The van der Waals surface area contributed by atoms with Crippen LogP contribution in [-0.2, 0) is 0 Å². The fourth-order valence-electron chi connectivity index (χ4n) is 1.08. The van der Waals surface area contributed by atoms with E-state index in [1.54, 1.807) is 0 Å². The summed E-state index contributed by atoms with van der Waals surface area (Å²) in [6, 6.07) is 0. The van der Waals surface area contributed by atoms with Crippen LogP contribution in [0.2, 0.25) is 0 Å². The van der Waals surface area contributed by atoms with E-state index in [0.29, 0.717) is 0 Å². The summed E-state index contributed by atoms with van der Waals surface area (Å²) in [6.45, 7) is -0.0696. The average molecular weight is 118 g/mol. The summed E-state index contributed by atoms with van der Waals surface area (Å²) in [7, 11) is 0. The lowest BCUT2D eigenvalue weighted by molar-refractivity contribution is 0.0723. The standard InChI is InChI=1S/C6H11FO/c7-3-5-1-2-6(5)4-8/h5-6,8H,1-4H2/t5-,6-/m1/s1. The van der Waals surface area contributed by atoms with Gasteiger partial charge in [0.1, 0.15) is 0 Å². The Kier molecular flexibility index (Phi) is 1.84. The molecular formula is C6H11FO. The maximum atomic E-state index is 11.8. The van der Waals surface area contributed by atoms with Gasteiger partial charge in [0, 0.05) is 6.61 Å². The zero-order chi connectivity index (χ0) is 5.98. The molecule has 8 heavy (non-hydrogen) atoms. The molecule has 1 fully saturated rings. The average Bonchev–Trinajstić information content (AvgIpc) is 1.66. The van der Waals surface area contributed by atoms with Crippen molar-refractivity contribution in [3.05, 3.63) is 0 Å². The van der Waals surface area contributed by atoms with E-state index in [9.17, 15) is 4.39 Å². The number of aliphatic hydroxyl groups excluding tert-OH is 1. The molecule has 1 saturated carbocycles. The van der Waals surface area contributed by atoms with E-state index >= 15 is 0 Å². The van der Waals surface area contributed by atoms with Gasteiger partial charge in [-0.15, -0.1) is 0 Å². The monoisotopic (exact) mass is 118 g/mol. The van der Waals surface area contributed by atoms with E-state index in [1.807, 2.05) is 0 Å². The van der Waals surface area contributed by atoms with E-state index in [2.05, 4.69) is 0 Å². The van der Waals surface area contributed by atoms with Crippen LogP contribution in [0.1, 0.15) is 12.8 Å². The lowest BCUT2D eigenvalue weighted by Crippen LogP contribution is -2.30. The molecule has 0 bridgehead atoms. The summed E-state index contributed by atoms with van der Waals surface area (Å²) in [6.07, 6.45) is 1.99. The van der Waals surface area contributed by atoms with Crippen LogP contribution in [0.15, 0.2) is 0 Å². The predicted octanol–water partition coefficient (Wildman–Crippen LogP) is 0.974. The lowest BCUT2D eigenvalue weighted by atomic mass is 9.75. The molecule has 1 nitrogen and oxygen atoms in total. The smallest absolute Gasteiger partial charge is 0.0926 e. The van der Waals surface area contributed by atoms with Gasteiger partial charge in [-0.2, -0.15) is 0 Å². The number of alkyl halides is 1. The first-order valence-corrected chi connectivity index (χ1v) is 3.05. The highest BCUT2D eigenvalue weighted by Crippen LogP contribution is 2.33. The van der Waals surface area contributed by atoms with Crippen LogP contribution in [0.3, 0.4) is 0 Å². The van der Waals surface area contributed by atoms with Crippen LogP contribution in [0.4, 0.5) is 4.39 Å². The molecule has 1 aliphatic rings. The first-order chi connectivity index (χ1) is 3.88. The van der Waals surface area contributed by atoms with Gasteiger partial charge in [0.25, 0.3) is 0 Å². The molecule has 0 saturated heterocycles. The molecule has 0 aliphatic heterocycles. The molecule has 0 radical (unpaired) electrons. The fourth-order valence-corrected chi connectivity index (χ4v) is 1.08. The van der Waals surface area contributed by atoms with Crippen molar-refractivity contribution in [2.75, 3.05) is 13.3 Å². The Morgan fingerprint density at radius 3 is 2.12 bits per heavy atom. The highest BCUT2D eigenvalue weighted by atomic mass is 19.1. The molecule has 0 unspecified atom stereocenters. The second-order valence-electron chi connectivity index (χ2n) is 2.43. The second kappa shape index (κ2) is 2.44. The molecule has 0 aromatic carbocycles. The maximum Gasteiger partial charge on any atom is 0.0926 e. The van der Waals surface area contributed by atoms with Crippen LogP contribution in [-0.4, -0.2) is 18.4 Å². The van der Waals surface area contributed by atoms with Gasteiger partial charge in [-0.3, -0.25) is 4.39 Å². The molecule has 0 aromatic rings. The predicted molar refractivity (Wildman–Crippen MR) is 29.3 cm³/mol. The van der Waals surface area contributed by atoms with Crippen molar-refractivity contribution >= 4 is 0 Å². The zero-order valence-corrected chi connectivity index (χ0v) is 4.81. The summed E-state index contributed by atoms with van der Waals surface area (Å²) in [4.78, 5) is 0. The molecule has 2 heteroatoms. The van der Waals surface area contributed by atoms with Crippen LogP contribution in [0.25, 0.3) is 0 Å². The number of hydrogen-bond acceptors (Lipinski definition) is 1. The second-order valence-corrected chi connectivity index (χ2v) is 2.43. The quantitative estimate of drug-likeness (QED) is 0.573. The molecule has 1 rings (SSSR count). The maximum absolute atomic E-state index is 11.8. The van der Waals surface area contributed by atoms with Crippen molar-refractivity contribution in [2.24, 2.45) is 11.8 Å². The highest BCUT2D eigenvalue weighted by Gasteiger charge is 2.29. The van der Waals surface area contributed by atoms with Gasteiger partial charge in [0.05, 0.1) is 6.67 Å². The van der Waals surface area contributed by atoms with Gasteiger partial charge in [0.2, 0.25) is 0 Å². The molecule has 1 N–H and O–H groups in total. The van der Waals surface area contributed by atoms with Crippen molar-refractivity contribution in [1.82, 2.24) is 0 Å². The van der Waals surface area contributed by atoms with Crippen LogP contribution >= 0.6 is 0 Å². The summed E-state index contributed by atoms with van der Waals surface area (Å²) in [5, 5.41) is 8.52. The summed E-state index contributed by atoms with van der Waals surface area (Å²) in [5.74, 6) is 0.458. The number of rotatable bonds is 2. The molecule has 0 heterocycles. The summed E-state index contributed by atoms with van der Waals surface area (Å²) >= 11 is 0. The number of hydrogen-bond donors (Lipinski definition) is 1. The normalized spacial score (nSPS) is 36.8. The van der Waals surface area contributed by atoms with Crippen molar-refractivity contribution in [1.29, 1.82) is 0 Å². The zero-order valence-electron chi connectivity index (χ0n) is 4.81. The van der Waals surface area contributed by atoms with E-state index in [-0.39, 0.29) is 25.1 Å². The van der Waals surface area contributed by atoms with Gasteiger partial charge in [-0.05, 0) is 24.7 Å². The Bertz CT molecular complexity index is 60.9. The highest BCUT2D eigenvalue weighted by molar-refractivity contribution is 4.78. The van der Waals surface area contributed by atoms with Gasteiger partial charge in [0.15, 0.2) is 0 Å². The van der Waals surface area contributed by atoms with Gasteiger partial charge >= 0.3 is 0 Å². The van der Waals surface area contributed by atoms with Gasteiger partial charge in [-0.25, -0.2) is 0 Å². The van der Waals surface area contributed by atoms with Gasteiger partial charge in [-0.1, -0.05) is 0 Å². The third kappa shape index (κ3) is 0.848. The molecule has 1 aliphatic carbocycles. The molecule has 0 spiro atoms. The van der Waals surface area contributed by atoms with Gasteiger partial charge < -0.3 is 5.11 Å². The largest absolute Gasteiger partial charge is 0.396 e. The summed E-state index contributed by atoms with van der Waals surface area (Å²) in [5.41, 5.74) is 0. The molecule has 0 aromatic heterocycles. The molecule has 2 atom stereocenters. The fraction of sp³-hybridized carbons (Fsp3) is 1.00. The van der Waals surface area contributed by atoms with Crippen LogP contribution in [0.5, 0.6) is 0 Å². The van der Waals surface area contributed by atoms with Crippen molar-refractivity contribution in [3.63, 3.8) is 0 Å². The Hall–Kier alpha value is -0.110. The minimum atomic E-state index is -0.245. The molecular weight excluding hydrogens is 107 g/mol. The first kappa shape index (κ1) is 6.02. The Balaban J connectivity index is 2.16. The summed E-state index contributed by atoms with van der Waals surface area (Å²) < 4.78 is 11.8. The lowest BCUT2D eigenvalue weighted by Gasteiger charge is -2.32. The van der Waals surface area contributed by atoms with E-state index in [4.69, 9.17) is 5.11 Å². The molecule has 48 valence electrons. The van der Waals surface area contributed by atoms with Crippen LogP contribution in [0, 0.1) is 11.8 Å². The Morgan fingerprint density at radius 2 is 2.00 bits per heavy atom. The van der Waals surface area contributed by atoms with Crippen molar-refractivity contribution < 1.29 is 9.50 Å². The SMILES string of the molecule is OC[C@H]1CC[C@@H]1CF. The van der Waals surface area contributed by atoms with Crippen molar-refractivity contribution in [3.8, 4) is 0 Å². The minimum Gasteiger partial charge on any atom is -0.396 e. The Morgan fingerprint density at radius 1 is 1.38 bits per heavy atom. The third-order valence-corrected chi connectivity index (χ3v) is 2.01. The van der Waals surface area contributed by atoms with E-state index in [0.717, 1.165) is 12.8 Å².